The monoisotopic (exact) mass is 316 g/mol. The fraction of sp³-hybridized carbons (Fsp3) is 0.545. The summed E-state index contributed by atoms with van der Waals surface area (Å²) in [7, 11) is -1.95. The molecular weight excluding hydrogens is 300 g/mol. The number of anilines is 1. The average Bonchev–Trinajstić information content (AvgIpc) is 3.12. The predicted molar refractivity (Wildman–Crippen MR) is 76.6 cm³/mol. The summed E-state index contributed by atoms with van der Waals surface area (Å²) in [5, 5.41) is 14.0. The molecule has 0 bridgehead atoms. The number of rotatable bonds is 4. The second kappa shape index (κ2) is 4.99. The van der Waals surface area contributed by atoms with E-state index < -0.39 is 10.0 Å². The number of hydrogen-bond acceptors (Lipinski definition) is 6. The van der Waals surface area contributed by atoms with Crippen molar-refractivity contribution in [2.75, 3.05) is 32.1 Å². The average molecular weight is 316 g/mol. The first-order valence-electron chi connectivity index (χ1n) is 6.32. The number of nitrogens with one attached hydrogen (secondary N) is 1. The number of hydrogen-bond donors (Lipinski definition) is 2. The molecule has 1 atom stereocenters. The van der Waals surface area contributed by atoms with Crippen molar-refractivity contribution >= 4 is 32.1 Å². The van der Waals surface area contributed by atoms with Crippen molar-refractivity contribution in [1.82, 2.24) is 13.7 Å². The lowest BCUT2D eigenvalue weighted by atomic mass is 10.1. The fourth-order valence-electron chi connectivity index (χ4n) is 2.46. The summed E-state index contributed by atoms with van der Waals surface area (Å²) in [5.74, 6) is 0.387. The molecule has 0 aromatic carbocycles. The number of sulfonamides is 1. The maximum atomic E-state index is 12.8. The van der Waals surface area contributed by atoms with Gasteiger partial charge in [-0.1, -0.05) is 0 Å². The van der Waals surface area contributed by atoms with Gasteiger partial charge in [-0.3, -0.25) is 4.40 Å². The van der Waals surface area contributed by atoms with Gasteiger partial charge in [-0.25, -0.2) is 13.4 Å². The highest BCUT2D eigenvalue weighted by molar-refractivity contribution is 7.89. The third-order valence-electron chi connectivity index (χ3n) is 3.55. The van der Waals surface area contributed by atoms with E-state index in [0.29, 0.717) is 30.3 Å². The number of nitrogens with zero attached hydrogens (tertiary/aromatic N) is 3. The normalized spacial score (nSPS) is 20.8. The largest absolute Gasteiger partial charge is 0.396 e. The van der Waals surface area contributed by atoms with Crippen LogP contribution in [0.3, 0.4) is 0 Å². The van der Waals surface area contributed by atoms with E-state index in [1.165, 1.54) is 15.6 Å². The molecule has 110 valence electrons. The van der Waals surface area contributed by atoms with Gasteiger partial charge in [-0.15, -0.1) is 11.3 Å². The van der Waals surface area contributed by atoms with E-state index in [1.54, 1.807) is 23.0 Å². The highest BCUT2D eigenvalue weighted by atomic mass is 32.2. The minimum absolute atomic E-state index is 0.0190. The van der Waals surface area contributed by atoms with Crippen LogP contribution >= 0.6 is 11.3 Å². The molecule has 0 amide bonds. The van der Waals surface area contributed by atoms with Gasteiger partial charge in [-0.05, 0) is 12.3 Å². The maximum absolute atomic E-state index is 12.8. The Bertz CT molecular complexity index is 721. The molecule has 2 N–H and O–H groups in total. The lowest BCUT2D eigenvalue weighted by molar-refractivity contribution is 0.233. The van der Waals surface area contributed by atoms with Crippen molar-refractivity contribution in [2.45, 2.75) is 11.4 Å². The minimum atomic E-state index is -3.61. The van der Waals surface area contributed by atoms with Crippen LogP contribution in [0.2, 0.25) is 0 Å². The Labute approximate surface area is 120 Å². The van der Waals surface area contributed by atoms with Crippen molar-refractivity contribution in [1.29, 1.82) is 0 Å². The van der Waals surface area contributed by atoms with E-state index in [-0.39, 0.29) is 17.6 Å². The van der Waals surface area contributed by atoms with E-state index in [4.69, 9.17) is 5.11 Å². The van der Waals surface area contributed by atoms with E-state index in [2.05, 4.69) is 10.3 Å². The molecule has 9 heteroatoms. The summed E-state index contributed by atoms with van der Waals surface area (Å²) in [6, 6.07) is 0. The fourth-order valence-corrected chi connectivity index (χ4v) is 5.02. The third kappa shape index (κ3) is 2.01. The van der Waals surface area contributed by atoms with Crippen molar-refractivity contribution in [3.8, 4) is 0 Å². The van der Waals surface area contributed by atoms with Gasteiger partial charge in [0.15, 0.2) is 15.8 Å². The van der Waals surface area contributed by atoms with Crippen molar-refractivity contribution in [3.63, 3.8) is 0 Å². The first-order chi connectivity index (χ1) is 9.57. The molecule has 3 heterocycles. The second-order valence-electron chi connectivity index (χ2n) is 4.77. The second-order valence-corrected chi connectivity index (χ2v) is 7.50. The number of aromatic nitrogens is 2. The zero-order valence-corrected chi connectivity index (χ0v) is 12.6. The molecular formula is C11H16N4O3S2. The Morgan fingerprint density at radius 3 is 3.05 bits per heavy atom. The van der Waals surface area contributed by atoms with E-state index >= 15 is 0 Å². The first kappa shape index (κ1) is 13.8. The lowest BCUT2D eigenvalue weighted by Gasteiger charge is -2.16. The SMILES string of the molecule is CNc1nc2sccn2c1S(=O)(=O)N1CCC(CO)C1. The van der Waals surface area contributed by atoms with Gasteiger partial charge < -0.3 is 10.4 Å². The van der Waals surface area contributed by atoms with Crippen LogP contribution in [-0.4, -0.2) is 54.0 Å². The molecule has 1 saturated heterocycles. The zero-order valence-electron chi connectivity index (χ0n) is 11.0. The summed E-state index contributed by atoms with van der Waals surface area (Å²) in [6.45, 7) is 0.818. The van der Waals surface area contributed by atoms with Crippen LogP contribution in [0.1, 0.15) is 6.42 Å². The van der Waals surface area contributed by atoms with Gasteiger partial charge in [-0.2, -0.15) is 4.31 Å². The van der Waals surface area contributed by atoms with Crippen molar-refractivity contribution < 1.29 is 13.5 Å². The van der Waals surface area contributed by atoms with E-state index in [0.717, 1.165) is 0 Å². The number of aliphatic hydroxyl groups is 1. The first-order valence-corrected chi connectivity index (χ1v) is 8.64. The zero-order chi connectivity index (χ0) is 14.3. The van der Waals surface area contributed by atoms with Crippen LogP contribution in [0.5, 0.6) is 0 Å². The van der Waals surface area contributed by atoms with Crippen LogP contribution in [0.4, 0.5) is 5.82 Å². The highest BCUT2D eigenvalue weighted by Crippen LogP contribution is 2.30. The Balaban J connectivity index is 2.07. The number of thiazole rings is 1. The summed E-state index contributed by atoms with van der Waals surface area (Å²) in [6.07, 6.45) is 2.40. The van der Waals surface area contributed by atoms with E-state index in [1.807, 2.05) is 0 Å². The summed E-state index contributed by atoms with van der Waals surface area (Å²) in [5.41, 5.74) is 0. The Hall–Kier alpha value is -1.16. The summed E-state index contributed by atoms with van der Waals surface area (Å²) in [4.78, 5) is 4.93. The number of imidazole rings is 1. The molecule has 0 radical (unpaired) electrons. The molecule has 0 spiro atoms. The van der Waals surface area contributed by atoms with Crippen LogP contribution in [0, 0.1) is 5.92 Å². The molecule has 7 nitrogen and oxygen atoms in total. The Morgan fingerprint density at radius 1 is 1.60 bits per heavy atom. The molecule has 3 rings (SSSR count). The number of fused-ring (bicyclic) bond motifs is 1. The summed E-state index contributed by atoms with van der Waals surface area (Å²) >= 11 is 1.39. The van der Waals surface area contributed by atoms with Gasteiger partial charge in [0, 0.05) is 38.3 Å². The van der Waals surface area contributed by atoms with Crippen LogP contribution in [-0.2, 0) is 10.0 Å². The van der Waals surface area contributed by atoms with Gasteiger partial charge in [0.25, 0.3) is 10.0 Å². The summed E-state index contributed by atoms with van der Waals surface area (Å²) < 4.78 is 28.6. The molecule has 2 aromatic heterocycles. The Kier molecular flexibility index (Phi) is 3.44. The van der Waals surface area contributed by atoms with Gasteiger partial charge in [0.2, 0.25) is 0 Å². The van der Waals surface area contributed by atoms with Crippen molar-refractivity contribution in [2.24, 2.45) is 5.92 Å². The molecule has 1 aliphatic heterocycles. The van der Waals surface area contributed by atoms with Crippen LogP contribution in [0.25, 0.3) is 4.96 Å². The molecule has 1 fully saturated rings. The highest BCUT2D eigenvalue weighted by Gasteiger charge is 2.36. The topological polar surface area (TPSA) is 86.9 Å². The van der Waals surface area contributed by atoms with Gasteiger partial charge >= 0.3 is 0 Å². The van der Waals surface area contributed by atoms with Crippen LogP contribution < -0.4 is 5.32 Å². The quantitative estimate of drug-likeness (QED) is 0.855. The molecule has 1 unspecified atom stereocenters. The van der Waals surface area contributed by atoms with Crippen molar-refractivity contribution in [3.05, 3.63) is 11.6 Å². The van der Waals surface area contributed by atoms with Gasteiger partial charge in [0.05, 0.1) is 0 Å². The third-order valence-corrected chi connectivity index (χ3v) is 6.19. The smallest absolute Gasteiger partial charge is 0.262 e. The standard InChI is InChI=1S/C11H16N4O3S2/c1-12-9-10(15-4-5-19-11(15)13-9)20(17,18)14-3-2-8(6-14)7-16/h4-5,8,12,16H,2-3,6-7H2,1H3. The Morgan fingerprint density at radius 2 is 2.40 bits per heavy atom. The van der Waals surface area contributed by atoms with E-state index in [9.17, 15) is 8.42 Å². The van der Waals surface area contributed by atoms with Crippen LogP contribution in [0.15, 0.2) is 16.6 Å². The molecule has 2 aromatic rings. The molecule has 0 aliphatic carbocycles. The molecule has 1 aliphatic rings. The number of aliphatic hydroxyl groups excluding tert-OH is 1. The van der Waals surface area contributed by atoms with Gasteiger partial charge in [0.1, 0.15) is 0 Å². The minimum Gasteiger partial charge on any atom is -0.396 e. The maximum Gasteiger partial charge on any atom is 0.262 e. The molecule has 20 heavy (non-hydrogen) atoms. The predicted octanol–water partition coefficient (Wildman–Crippen LogP) is 0.440. The molecule has 0 saturated carbocycles. The lowest BCUT2D eigenvalue weighted by Crippen LogP contribution is -2.30.